The summed E-state index contributed by atoms with van der Waals surface area (Å²) >= 11 is 0. The summed E-state index contributed by atoms with van der Waals surface area (Å²) in [7, 11) is 0. The summed E-state index contributed by atoms with van der Waals surface area (Å²) < 4.78 is 0. The molecular formula is C22H37N3O. The number of nitrogens with zero attached hydrogens (tertiary/aromatic N) is 2. The van der Waals surface area contributed by atoms with Crippen LogP contribution in [0.15, 0.2) is 35.5 Å². The highest BCUT2D eigenvalue weighted by atomic mass is 16.4. The molecule has 1 aliphatic carbocycles. The fraction of sp³-hybridized carbons (Fsp3) is 0.682. The number of nitrogens with two attached hydrogens (primary N) is 1. The third kappa shape index (κ3) is 6.73. The predicted molar refractivity (Wildman–Crippen MR) is 110 cm³/mol. The van der Waals surface area contributed by atoms with Gasteiger partial charge in [0.1, 0.15) is 0 Å². The quantitative estimate of drug-likeness (QED) is 0.403. The van der Waals surface area contributed by atoms with E-state index in [-0.39, 0.29) is 0 Å². The molecule has 1 saturated heterocycles. The summed E-state index contributed by atoms with van der Waals surface area (Å²) in [4.78, 5) is 2.49. The second kappa shape index (κ2) is 12.1. The largest absolute Gasteiger partial charge is 0.411 e. The highest BCUT2D eigenvalue weighted by Gasteiger charge is 2.39. The maximum atomic E-state index is 9.02. The summed E-state index contributed by atoms with van der Waals surface area (Å²) in [5.74, 6) is 0.977. The van der Waals surface area contributed by atoms with Gasteiger partial charge in [0.25, 0.3) is 0 Å². The molecule has 0 amide bonds. The van der Waals surface area contributed by atoms with Crippen LogP contribution in [0.1, 0.15) is 63.9 Å². The van der Waals surface area contributed by atoms with Gasteiger partial charge in [0.15, 0.2) is 0 Å². The highest BCUT2D eigenvalue weighted by Crippen LogP contribution is 2.34. The Hall–Kier alpha value is -1.39. The number of likely N-dealkylation sites (tertiary alicyclic amines) is 1. The molecular weight excluding hydrogens is 322 g/mol. The van der Waals surface area contributed by atoms with Crippen molar-refractivity contribution in [2.24, 2.45) is 22.7 Å². The maximum absolute atomic E-state index is 9.02. The van der Waals surface area contributed by atoms with Crippen molar-refractivity contribution in [3.63, 3.8) is 0 Å². The van der Waals surface area contributed by atoms with E-state index in [0.29, 0.717) is 11.8 Å². The third-order valence-electron chi connectivity index (χ3n) is 5.58. The van der Waals surface area contributed by atoms with Gasteiger partial charge in [-0.2, -0.15) is 0 Å². The van der Waals surface area contributed by atoms with E-state index < -0.39 is 0 Å². The van der Waals surface area contributed by atoms with Crippen LogP contribution in [-0.4, -0.2) is 35.5 Å². The van der Waals surface area contributed by atoms with E-state index in [9.17, 15) is 0 Å². The van der Waals surface area contributed by atoms with Gasteiger partial charge in [-0.15, -0.1) is 0 Å². The zero-order chi connectivity index (χ0) is 18.6. The summed E-state index contributed by atoms with van der Waals surface area (Å²) in [5, 5.41) is 12.5. The first kappa shape index (κ1) is 20.9. The minimum absolute atomic E-state index is 0.488. The molecule has 26 heavy (non-hydrogen) atoms. The van der Waals surface area contributed by atoms with Gasteiger partial charge >= 0.3 is 0 Å². The maximum Gasteiger partial charge on any atom is 0.0657 e. The molecule has 1 heterocycles. The molecule has 3 rings (SSSR count). The molecule has 1 aromatic carbocycles. The van der Waals surface area contributed by atoms with Crippen LogP contribution >= 0.6 is 0 Å². The lowest BCUT2D eigenvalue weighted by Gasteiger charge is -2.32. The second-order valence-corrected chi connectivity index (χ2v) is 7.73. The minimum atomic E-state index is 0.488. The van der Waals surface area contributed by atoms with Gasteiger partial charge in [0.05, 0.1) is 5.71 Å². The van der Waals surface area contributed by atoms with Gasteiger partial charge in [-0.25, -0.2) is 0 Å². The van der Waals surface area contributed by atoms with E-state index in [1.807, 2.05) is 0 Å². The van der Waals surface area contributed by atoms with E-state index >= 15 is 0 Å². The summed E-state index contributed by atoms with van der Waals surface area (Å²) in [6.45, 7) is 6.22. The molecule has 2 unspecified atom stereocenters. The molecule has 0 spiro atoms. The number of hydrogen-bond acceptors (Lipinski definition) is 4. The number of piperidine rings is 1. The Morgan fingerprint density at radius 1 is 1.00 bits per heavy atom. The first-order valence-electron chi connectivity index (χ1n) is 10.5. The molecule has 1 aliphatic heterocycles. The van der Waals surface area contributed by atoms with Crippen LogP contribution in [0, 0.1) is 11.8 Å². The van der Waals surface area contributed by atoms with Crippen LogP contribution in [0.4, 0.5) is 0 Å². The normalized spacial score (nSPS) is 22.0. The van der Waals surface area contributed by atoms with Crippen molar-refractivity contribution in [3.8, 4) is 0 Å². The molecule has 146 valence electrons. The number of hydrogen-bond donors (Lipinski definition) is 2. The Balaban J connectivity index is 0.000000232. The van der Waals surface area contributed by atoms with E-state index in [1.54, 1.807) is 0 Å². The number of benzene rings is 1. The molecule has 4 heteroatoms. The fourth-order valence-electron chi connectivity index (χ4n) is 4.16. The fourth-order valence-corrected chi connectivity index (χ4v) is 4.16. The zero-order valence-electron chi connectivity index (χ0n) is 16.4. The van der Waals surface area contributed by atoms with Gasteiger partial charge in [-0.3, -0.25) is 4.90 Å². The average molecular weight is 360 g/mol. The van der Waals surface area contributed by atoms with Crippen LogP contribution < -0.4 is 5.73 Å². The standard InChI is InChI=1S/C14H18N2O.C8H19N/c17-15-14-12-6-7-13(14)10-16(9-12)8-11-4-2-1-3-5-11;1-2-3-4-5-6-7-8-9/h1-5,12-13,17H,6-10H2;2-9H2,1H3. The smallest absolute Gasteiger partial charge is 0.0657 e. The molecule has 2 bridgehead atoms. The average Bonchev–Trinajstić information content (AvgIpc) is 2.92. The van der Waals surface area contributed by atoms with Crippen LogP contribution in [0.5, 0.6) is 0 Å². The van der Waals surface area contributed by atoms with Crippen LogP contribution in [0.3, 0.4) is 0 Å². The van der Waals surface area contributed by atoms with Crippen molar-refractivity contribution in [3.05, 3.63) is 35.9 Å². The summed E-state index contributed by atoms with van der Waals surface area (Å²) in [5.41, 5.74) is 7.77. The summed E-state index contributed by atoms with van der Waals surface area (Å²) in [6, 6.07) is 10.6. The number of rotatable bonds is 8. The van der Waals surface area contributed by atoms with E-state index in [1.165, 1.54) is 56.9 Å². The Labute approximate surface area is 159 Å². The summed E-state index contributed by atoms with van der Waals surface area (Å²) in [6.07, 6.45) is 10.4. The van der Waals surface area contributed by atoms with E-state index in [0.717, 1.165) is 31.9 Å². The van der Waals surface area contributed by atoms with Gasteiger partial charge in [0, 0.05) is 31.5 Å². The third-order valence-corrected chi connectivity index (χ3v) is 5.58. The van der Waals surface area contributed by atoms with E-state index in [2.05, 4.69) is 47.3 Å². The lowest BCUT2D eigenvalue weighted by molar-refractivity contribution is 0.219. The number of oxime groups is 1. The Morgan fingerprint density at radius 3 is 2.19 bits per heavy atom. The lowest BCUT2D eigenvalue weighted by atomic mass is 9.95. The number of unbranched alkanes of at least 4 members (excludes halogenated alkanes) is 5. The van der Waals surface area contributed by atoms with Gasteiger partial charge in [-0.1, -0.05) is 74.5 Å². The zero-order valence-corrected chi connectivity index (χ0v) is 16.4. The molecule has 4 nitrogen and oxygen atoms in total. The molecule has 2 aliphatic rings. The van der Waals surface area contributed by atoms with Crippen molar-refractivity contribution < 1.29 is 5.21 Å². The molecule has 2 atom stereocenters. The van der Waals surface area contributed by atoms with Crippen molar-refractivity contribution in [2.45, 2.75) is 64.8 Å². The molecule has 0 aromatic heterocycles. The minimum Gasteiger partial charge on any atom is -0.411 e. The Morgan fingerprint density at radius 2 is 1.62 bits per heavy atom. The van der Waals surface area contributed by atoms with Gasteiger partial charge in [0.2, 0.25) is 0 Å². The Bertz CT molecular complexity index is 495. The van der Waals surface area contributed by atoms with Crippen LogP contribution in [0.2, 0.25) is 0 Å². The SMILES string of the molecule is CCCCCCCCN.ON=C1C2CCC1CN(Cc1ccccc1)C2. The Kier molecular flexibility index (Phi) is 9.72. The van der Waals surface area contributed by atoms with Crippen LogP contribution in [-0.2, 0) is 6.54 Å². The van der Waals surface area contributed by atoms with E-state index in [4.69, 9.17) is 10.9 Å². The first-order valence-corrected chi connectivity index (χ1v) is 10.5. The number of fused-ring (bicyclic) bond motifs is 2. The lowest BCUT2D eigenvalue weighted by Crippen LogP contribution is -2.41. The first-order chi connectivity index (χ1) is 12.8. The predicted octanol–water partition coefficient (Wildman–Crippen LogP) is 4.66. The van der Waals surface area contributed by atoms with Crippen LogP contribution in [0.25, 0.3) is 0 Å². The molecule has 0 radical (unpaired) electrons. The van der Waals surface area contributed by atoms with Gasteiger partial charge < -0.3 is 10.9 Å². The second-order valence-electron chi connectivity index (χ2n) is 7.73. The molecule has 1 saturated carbocycles. The van der Waals surface area contributed by atoms with Crippen molar-refractivity contribution >= 4 is 5.71 Å². The van der Waals surface area contributed by atoms with Crippen molar-refractivity contribution in [1.82, 2.24) is 4.90 Å². The molecule has 2 fully saturated rings. The van der Waals surface area contributed by atoms with Crippen molar-refractivity contribution in [2.75, 3.05) is 19.6 Å². The highest BCUT2D eigenvalue weighted by molar-refractivity contribution is 5.91. The topological polar surface area (TPSA) is 61.9 Å². The van der Waals surface area contributed by atoms with Gasteiger partial charge in [-0.05, 0) is 31.4 Å². The molecule has 3 N–H and O–H groups in total. The monoisotopic (exact) mass is 359 g/mol. The van der Waals surface area contributed by atoms with Crippen molar-refractivity contribution in [1.29, 1.82) is 0 Å². The molecule has 1 aromatic rings.